The van der Waals surface area contributed by atoms with Crippen molar-refractivity contribution in [3.63, 3.8) is 0 Å². The average molecular weight is 356 g/mol. The zero-order valence-electron chi connectivity index (χ0n) is 13.4. The molecule has 0 aliphatic carbocycles. The predicted octanol–water partition coefficient (Wildman–Crippen LogP) is 1.80. The molecule has 1 fully saturated rings. The van der Waals surface area contributed by atoms with E-state index in [9.17, 15) is 8.42 Å². The van der Waals surface area contributed by atoms with Crippen LogP contribution in [0.4, 0.5) is 5.69 Å². The molecule has 2 atom stereocenters. The lowest BCUT2D eigenvalue weighted by Crippen LogP contribution is -2.39. The number of aliphatic imine (C=N–C) groups is 1. The molecule has 1 aromatic rings. The number of sulfone groups is 1. The lowest BCUT2D eigenvalue weighted by atomic mass is 10.1. The highest BCUT2D eigenvalue weighted by Crippen LogP contribution is 2.38. The second-order valence-electron chi connectivity index (χ2n) is 5.47. The predicted molar refractivity (Wildman–Crippen MR) is 93.8 cm³/mol. The number of hydrogen-bond acceptors (Lipinski definition) is 7. The summed E-state index contributed by atoms with van der Waals surface area (Å²) in [6.07, 6.45) is 0. The third-order valence-corrected chi connectivity index (χ3v) is 6.57. The molecule has 6 nitrogen and oxygen atoms in total. The zero-order valence-corrected chi connectivity index (χ0v) is 15.0. The van der Waals surface area contributed by atoms with Crippen molar-refractivity contribution in [1.82, 2.24) is 0 Å². The van der Waals surface area contributed by atoms with Crippen LogP contribution >= 0.6 is 11.8 Å². The number of hydrogen-bond donors (Lipinski definition) is 0. The third-order valence-electron chi connectivity index (χ3n) is 4.03. The largest absolute Gasteiger partial charge is 0.493 e. The van der Waals surface area contributed by atoms with Gasteiger partial charge in [0, 0.05) is 11.8 Å². The zero-order chi connectivity index (χ0) is 16.6. The first-order valence-electron chi connectivity index (χ1n) is 7.41. The molecule has 23 heavy (non-hydrogen) atoms. The molecule has 1 saturated heterocycles. The Morgan fingerprint density at radius 3 is 2.65 bits per heavy atom. The van der Waals surface area contributed by atoms with Crippen molar-refractivity contribution in [2.45, 2.75) is 19.0 Å². The molecule has 0 radical (unpaired) electrons. The number of rotatable bonds is 4. The van der Waals surface area contributed by atoms with Gasteiger partial charge in [-0.3, -0.25) is 4.99 Å². The van der Waals surface area contributed by atoms with E-state index >= 15 is 0 Å². The molecule has 8 heteroatoms. The Bertz CT molecular complexity index is 733. The van der Waals surface area contributed by atoms with Gasteiger partial charge >= 0.3 is 0 Å². The van der Waals surface area contributed by atoms with Crippen LogP contribution in [0.25, 0.3) is 0 Å². The smallest absolute Gasteiger partial charge is 0.164 e. The lowest BCUT2D eigenvalue weighted by molar-refractivity contribution is 0.355. The summed E-state index contributed by atoms with van der Waals surface area (Å²) < 4.78 is 34.6. The molecule has 0 bridgehead atoms. The average Bonchev–Trinajstić information content (AvgIpc) is 2.98. The third kappa shape index (κ3) is 3.01. The van der Waals surface area contributed by atoms with Gasteiger partial charge in [-0.2, -0.15) is 0 Å². The monoisotopic (exact) mass is 356 g/mol. The maximum Gasteiger partial charge on any atom is 0.164 e. The summed E-state index contributed by atoms with van der Waals surface area (Å²) in [4.78, 5) is 6.68. The van der Waals surface area contributed by atoms with Gasteiger partial charge in [0.15, 0.2) is 26.5 Å². The van der Waals surface area contributed by atoms with Crippen LogP contribution in [-0.2, 0) is 9.84 Å². The number of anilines is 1. The normalized spacial score (nSPS) is 25.2. The summed E-state index contributed by atoms with van der Waals surface area (Å²) in [7, 11) is 0.150. The van der Waals surface area contributed by atoms with E-state index in [1.807, 2.05) is 23.1 Å². The Hall–Kier alpha value is -1.41. The number of amidine groups is 1. The van der Waals surface area contributed by atoms with Gasteiger partial charge in [-0.1, -0.05) is 18.7 Å². The van der Waals surface area contributed by atoms with Crippen molar-refractivity contribution in [1.29, 1.82) is 0 Å². The molecule has 3 rings (SSSR count). The van der Waals surface area contributed by atoms with Crippen LogP contribution < -0.4 is 14.4 Å². The summed E-state index contributed by atoms with van der Waals surface area (Å²) in [5.41, 5.74) is 0.881. The first-order valence-corrected chi connectivity index (χ1v) is 10.2. The van der Waals surface area contributed by atoms with Crippen molar-refractivity contribution in [3.05, 3.63) is 18.2 Å². The highest BCUT2D eigenvalue weighted by Gasteiger charge is 2.47. The van der Waals surface area contributed by atoms with E-state index in [4.69, 9.17) is 9.47 Å². The van der Waals surface area contributed by atoms with Crippen LogP contribution in [0.5, 0.6) is 11.5 Å². The Morgan fingerprint density at radius 1 is 1.26 bits per heavy atom. The number of methoxy groups -OCH3 is 2. The summed E-state index contributed by atoms with van der Waals surface area (Å²) in [6, 6.07) is 5.31. The minimum atomic E-state index is -3.03. The molecular weight excluding hydrogens is 336 g/mol. The van der Waals surface area contributed by atoms with Gasteiger partial charge < -0.3 is 14.4 Å². The van der Waals surface area contributed by atoms with Crippen molar-refractivity contribution >= 4 is 32.5 Å². The molecule has 0 unspecified atom stereocenters. The van der Waals surface area contributed by atoms with Crippen molar-refractivity contribution in [2.75, 3.05) is 36.4 Å². The fourth-order valence-electron chi connectivity index (χ4n) is 3.04. The van der Waals surface area contributed by atoms with E-state index in [1.165, 1.54) is 0 Å². The molecule has 0 spiro atoms. The fraction of sp³-hybridized carbons (Fsp3) is 0.533. The first kappa shape index (κ1) is 16.4. The summed E-state index contributed by atoms with van der Waals surface area (Å²) in [5, 5.41) is 0.879. The standard InChI is InChI=1S/C15H20N2O4S2/c1-4-22-15-16-11-8-23(18,19)9-12(11)17(15)10-5-6-13(20-2)14(7-10)21-3/h5-7,11-12H,4,8-9H2,1-3H3/t11-,12+/m1/s1. The Labute approximate surface area is 140 Å². The molecule has 0 aromatic heterocycles. The second-order valence-corrected chi connectivity index (χ2v) is 8.85. The van der Waals surface area contributed by atoms with Gasteiger partial charge in [-0.15, -0.1) is 0 Å². The number of thioether (sulfide) groups is 1. The van der Waals surface area contributed by atoms with E-state index in [-0.39, 0.29) is 23.6 Å². The lowest BCUT2D eigenvalue weighted by Gasteiger charge is -2.27. The Kier molecular flexibility index (Phi) is 4.46. The number of nitrogens with zero attached hydrogens (tertiary/aromatic N) is 2. The highest BCUT2D eigenvalue weighted by molar-refractivity contribution is 8.14. The number of benzene rings is 1. The van der Waals surface area contributed by atoms with E-state index in [0.29, 0.717) is 11.5 Å². The number of fused-ring (bicyclic) bond motifs is 1. The molecule has 0 amide bonds. The van der Waals surface area contributed by atoms with Gasteiger partial charge in [0.25, 0.3) is 0 Å². The van der Waals surface area contributed by atoms with Crippen molar-refractivity contribution in [2.24, 2.45) is 4.99 Å². The summed E-state index contributed by atoms with van der Waals surface area (Å²) in [5.74, 6) is 2.43. The summed E-state index contributed by atoms with van der Waals surface area (Å²) in [6.45, 7) is 2.06. The van der Waals surface area contributed by atoms with Crippen molar-refractivity contribution in [3.8, 4) is 11.5 Å². The van der Waals surface area contributed by atoms with Crippen LogP contribution in [0.3, 0.4) is 0 Å². The molecule has 2 heterocycles. The van der Waals surface area contributed by atoms with Crippen LogP contribution in [0.1, 0.15) is 6.92 Å². The molecule has 2 aliphatic heterocycles. The Balaban J connectivity index is 2.00. The maximum atomic E-state index is 12.0. The fourth-order valence-corrected chi connectivity index (χ4v) is 5.73. The first-order chi connectivity index (χ1) is 11.0. The van der Waals surface area contributed by atoms with Crippen LogP contribution in [0.15, 0.2) is 23.2 Å². The Morgan fingerprint density at radius 2 is 2.00 bits per heavy atom. The van der Waals surface area contributed by atoms with Gasteiger partial charge in [-0.25, -0.2) is 8.42 Å². The second kappa shape index (κ2) is 6.24. The van der Waals surface area contributed by atoms with E-state index in [2.05, 4.69) is 11.9 Å². The summed E-state index contributed by atoms with van der Waals surface area (Å²) >= 11 is 1.63. The van der Waals surface area contributed by atoms with Crippen LogP contribution in [0.2, 0.25) is 0 Å². The van der Waals surface area contributed by atoms with Crippen molar-refractivity contribution < 1.29 is 17.9 Å². The highest BCUT2D eigenvalue weighted by atomic mass is 32.2. The minimum absolute atomic E-state index is 0.132. The van der Waals surface area contributed by atoms with E-state index in [0.717, 1.165) is 16.6 Å². The van der Waals surface area contributed by atoms with Crippen LogP contribution in [0, 0.1) is 0 Å². The SMILES string of the molecule is CCSC1=N[C@@H]2CS(=O)(=O)C[C@@H]2N1c1ccc(OC)c(OC)c1. The van der Waals surface area contributed by atoms with Crippen LogP contribution in [-0.4, -0.2) is 57.1 Å². The molecule has 1 aromatic carbocycles. The molecule has 2 aliphatic rings. The molecule has 0 saturated carbocycles. The quantitative estimate of drug-likeness (QED) is 0.819. The molecular formula is C15H20N2O4S2. The number of ether oxygens (including phenoxy) is 2. The maximum absolute atomic E-state index is 12.0. The molecule has 126 valence electrons. The minimum Gasteiger partial charge on any atom is -0.493 e. The van der Waals surface area contributed by atoms with Gasteiger partial charge in [0.2, 0.25) is 0 Å². The van der Waals surface area contributed by atoms with Gasteiger partial charge in [-0.05, 0) is 17.9 Å². The molecule has 0 N–H and O–H groups in total. The van der Waals surface area contributed by atoms with Gasteiger partial charge in [0.05, 0.1) is 37.8 Å². The topological polar surface area (TPSA) is 68.2 Å². The van der Waals surface area contributed by atoms with E-state index < -0.39 is 9.84 Å². The van der Waals surface area contributed by atoms with E-state index in [1.54, 1.807) is 26.0 Å². The van der Waals surface area contributed by atoms with Gasteiger partial charge in [0.1, 0.15) is 0 Å².